The fourth-order valence-electron chi connectivity index (χ4n) is 4.73. The normalized spacial score (nSPS) is 32.5. The molecule has 1 aliphatic carbocycles. The molecule has 3 rings (SSSR count). The summed E-state index contributed by atoms with van der Waals surface area (Å²) in [6, 6.07) is 0.762. The van der Waals surface area contributed by atoms with Gasteiger partial charge in [0, 0.05) is 12.6 Å². The average molecular weight is 298 g/mol. The van der Waals surface area contributed by atoms with Crippen molar-refractivity contribution in [3.63, 3.8) is 0 Å². The summed E-state index contributed by atoms with van der Waals surface area (Å²) in [5, 5.41) is 3.86. The molecule has 2 saturated heterocycles. The summed E-state index contributed by atoms with van der Waals surface area (Å²) in [6.07, 6.45) is 11.0. The van der Waals surface area contributed by atoms with E-state index in [4.69, 9.17) is 4.74 Å². The third kappa shape index (κ3) is 3.36. The standard InChI is InChI=1S/C17H31NOS/c1-2-18-16(14-5-3-4-6-14)15-7-10-19-17(13-15)8-11-20-12-9-17/h14-16,18H,2-13H2,1H3. The van der Waals surface area contributed by atoms with Gasteiger partial charge in [0.15, 0.2) is 0 Å². The van der Waals surface area contributed by atoms with Crippen LogP contribution in [0.2, 0.25) is 0 Å². The van der Waals surface area contributed by atoms with Crippen LogP contribution in [0, 0.1) is 11.8 Å². The van der Waals surface area contributed by atoms with Crippen molar-refractivity contribution < 1.29 is 4.74 Å². The van der Waals surface area contributed by atoms with Crippen molar-refractivity contribution in [1.82, 2.24) is 5.32 Å². The first-order valence-electron chi connectivity index (χ1n) is 8.78. The number of thioether (sulfide) groups is 1. The molecule has 0 aromatic rings. The van der Waals surface area contributed by atoms with Gasteiger partial charge in [0.25, 0.3) is 0 Å². The molecule has 1 saturated carbocycles. The maximum Gasteiger partial charge on any atom is 0.0701 e. The van der Waals surface area contributed by atoms with Gasteiger partial charge < -0.3 is 10.1 Å². The molecule has 116 valence electrons. The lowest BCUT2D eigenvalue weighted by Crippen LogP contribution is -2.50. The third-order valence-corrected chi connectivity index (χ3v) is 6.78. The first-order valence-corrected chi connectivity index (χ1v) is 9.93. The predicted octanol–water partition coefficient (Wildman–Crippen LogP) is 3.85. The van der Waals surface area contributed by atoms with Crippen molar-refractivity contribution in [2.45, 2.75) is 69.9 Å². The lowest BCUT2D eigenvalue weighted by Gasteiger charge is -2.46. The second-order valence-corrected chi connectivity index (χ2v) is 8.25. The van der Waals surface area contributed by atoms with Crippen LogP contribution in [0.5, 0.6) is 0 Å². The van der Waals surface area contributed by atoms with Crippen LogP contribution < -0.4 is 5.32 Å². The van der Waals surface area contributed by atoms with Crippen LogP contribution in [0.1, 0.15) is 58.3 Å². The summed E-state index contributed by atoms with van der Waals surface area (Å²) in [4.78, 5) is 0. The number of ether oxygens (including phenoxy) is 1. The van der Waals surface area contributed by atoms with E-state index in [1.807, 2.05) is 0 Å². The molecule has 2 nitrogen and oxygen atoms in total. The third-order valence-electron chi connectivity index (χ3n) is 5.79. The second kappa shape index (κ2) is 7.02. The van der Waals surface area contributed by atoms with Gasteiger partial charge >= 0.3 is 0 Å². The highest BCUT2D eigenvalue weighted by atomic mass is 32.2. The maximum atomic E-state index is 6.29. The van der Waals surface area contributed by atoms with Crippen LogP contribution in [0.25, 0.3) is 0 Å². The van der Waals surface area contributed by atoms with E-state index >= 15 is 0 Å². The molecule has 0 aromatic heterocycles. The lowest BCUT2D eigenvalue weighted by molar-refractivity contribution is -0.109. The van der Waals surface area contributed by atoms with Crippen molar-refractivity contribution in [2.24, 2.45) is 11.8 Å². The maximum absolute atomic E-state index is 6.29. The summed E-state index contributed by atoms with van der Waals surface area (Å²) < 4.78 is 6.29. The van der Waals surface area contributed by atoms with Crippen LogP contribution in [-0.2, 0) is 4.74 Å². The van der Waals surface area contributed by atoms with Crippen molar-refractivity contribution in [1.29, 1.82) is 0 Å². The van der Waals surface area contributed by atoms with E-state index < -0.39 is 0 Å². The highest BCUT2D eigenvalue weighted by molar-refractivity contribution is 7.99. The Morgan fingerprint density at radius 1 is 1.15 bits per heavy atom. The van der Waals surface area contributed by atoms with Gasteiger partial charge in [0.2, 0.25) is 0 Å². The number of rotatable bonds is 4. The van der Waals surface area contributed by atoms with Crippen LogP contribution in [0.15, 0.2) is 0 Å². The molecule has 2 aliphatic heterocycles. The summed E-state index contributed by atoms with van der Waals surface area (Å²) in [7, 11) is 0. The molecule has 2 heterocycles. The van der Waals surface area contributed by atoms with Gasteiger partial charge in [-0.15, -0.1) is 0 Å². The minimum atomic E-state index is 0.250. The molecule has 2 atom stereocenters. The minimum absolute atomic E-state index is 0.250. The number of hydrogen-bond acceptors (Lipinski definition) is 3. The first kappa shape index (κ1) is 15.2. The number of hydrogen-bond donors (Lipinski definition) is 1. The van der Waals surface area contributed by atoms with Gasteiger partial charge in [-0.2, -0.15) is 11.8 Å². The van der Waals surface area contributed by atoms with E-state index in [1.165, 1.54) is 62.9 Å². The van der Waals surface area contributed by atoms with Crippen LogP contribution in [-0.4, -0.2) is 36.3 Å². The van der Waals surface area contributed by atoms with Gasteiger partial charge in [0.1, 0.15) is 0 Å². The van der Waals surface area contributed by atoms with E-state index in [0.29, 0.717) is 0 Å². The molecule has 3 aliphatic rings. The highest BCUT2D eigenvalue weighted by Crippen LogP contribution is 2.43. The quantitative estimate of drug-likeness (QED) is 0.851. The topological polar surface area (TPSA) is 21.3 Å². The zero-order chi connectivity index (χ0) is 13.8. The fraction of sp³-hybridized carbons (Fsp3) is 1.00. The summed E-state index contributed by atoms with van der Waals surface area (Å²) >= 11 is 2.11. The molecule has 0 radical (unpaired) electrons. The lowest BCUT2D eigenvalue weighted by atomic mass is 9.75. The van der Waals surface area contributed by atoms with E-state index in [2.05, 4.69) is 24.0 Å². The van der Waals surface area contributed by atoms with Gasteiger partial charge in [-0.1, -0.05) is 19.8 Å². The van der Waals surface area contributed by atoms with E-state index in [1.54, 1.807) is 0 Å². The van der Waals surface area contributed by atoms with Crippen LogP contribution >= 0.6 is 11.8 Å². The molecule has 0 aromatic carbocycles. The molecule has 0 bridgehead atoms. The Morgan fingerprint density at radius 2 is 1.90 bits per heavy atom. The molecular formula is C17H31NOS. The van der Waals surface area contributed by atoms with E-state index in [9.17, 15) is 0 Å². The minimum Gasteiger partial charge on any atom is -0.375 e. The molecule has 20 heavy (non-hydrogen) atoms. The molecule has 1 spiro atoms. The Balaban J connectivity index is 1.66. The number of nitrogens with one attached hydrogen (secondary N) is 1. The van der Waals surface area contributed by atoms with Gasteiger partial charge in [0.05, 0.1) is 5.60 Å². The van der Waals surface area contributed by atoms with Gasteiger partial charge in [-0.25, -0.2) is 0 Å². The Morgan fingerprint density at radius 3 is 2.60 bits per heavy atom. The summed E-state index contributed by atoms with van der Waals surface area (Å²) in [6.45, 7) is 4.40. The van der Waals surface area contributed by atoms with Crippen molar-refractivity contribution in [3.8, 4) is 0 Å². The summed E-state index contributed by atoms with van der Waals surface area (Å²) in [5.74, 6) is 4.41. The van der Waals surface area contributed by atoms with E-state index in [-0.39, 0.29) is 5.60 Å². The molecule has 0 amide bonds. The van der Waals surface area contributed by atoms with Gasteiger partial charge in [-0.05, 0) is 68.4 Å². The van der Waals surface area contributed by atoms with Crippen molar-refractivity contribution >= 4 is 11.8 Å². The summed E-state index contributed by atoms with van der Waals surface area (Å²) in [5.41, 5.74) is 0.250. The first-order chi connectivity index (χ1) is 9.83. The Kier molecular flexibility index (Phi) is 5.33. The average Bonchev–Trinajstić information content (AvgIpc) is 2.99. The van der Waals surface area contributed by atoms with Crippen LogP contribution in [0.3, 0.4) is 0 Å². The molecule has 3 fully saturated rings. The van der Waals surface area contributed by atoms with E-state index in [0.717, 1.165) is 31.0 Å². The Hall–Kier alpha value is 0.270. The zero-order valence-corrected chi connectivity index (χ0v) is 13.9. The van der Waals surface area contributed by atoms with Crippen molar-refractivity contribution in [3.05, 3.63) is 0 Å². The largest absolute Gasteiger partial charge is 0.375 e. The smallest absolute Gasteiger partial charge is 0.0701 e. The zero-order valence-electron chi connectivity index (χ0n) is 13.0. The highest BCUT2D eigenvalue weighted by Gasteiger charge is 2.42. The van der Waals surface area contributed by atoms with Crippen LogP contribution in [0.4, 0.5) is 0 Å². The molecule has 1 N–H and O–H groups in total. The Labute approximate surface area is 128 Å². The van der Waals surface area contributed by atoms with Crippen molar-refractivity contribution in [2.75, 3.05) is 24.7 Å². The molecule has 2 unspecified atom stereocenters. The molecule has 3 heteroatoms. The fourth-order valence-corrected chi connectivity index (χ4v) is 5.97. The van der Waals surface area contributed by atoms with Gasteiger partial charge in [-0.3, -0.25) is 0 Å². The monoisotopic (exact) mass is 297 g/mol. The molecular weight excluding hydrogens is 266 g/mol. The predicted molar refractivity (Wildman–Crippen MR) is 87.4 cm³/mol. The SMILES string of the molecule is CCNC(C1CCCC1)C1CCOC2(CCSCC2)C1. The second-order valence-electron chi connectivity index (χ2n) is 7.02. The Bertz CT molecular complexity index is 292.